The first kappa shape index (κ1) is 33.2. The fraction of sp³-hybridized carbons (Fsp3) is 0.667. The Hall–Kier alpha value is 0.223. The quantitative estimate of drug-likeness (QED) is 0.241. The molecule has 192 valence electrons. The molecule has 1 aromatic carbocycles. The van der Waals surface area contributed by atoms with Crippen LogP contribution in [0.5, 0.6) is 0 Å². The van der Waals surface area contributed by atoms with Gasteiger partial charge in [0.15, 0.2) is 0 Å². The summed E-state index contributed by atoms with van der Waals surface area (Å²) in [7, 11) is 16.6. The van der Waals surface area contributed by atoms with Gasteiger partial charge in [-0.25, -0.2) is 0 Å². The van der Waals surface area contributed by atoms with Gasteiger partial charge in [0.2, 0.25) is 12.8 Å². The van der Waals surface area contributed by atoms with Crippen molar-refractivity contribution in [2.45, 2.75) is 76.0 Å². The number of halogens is 2. The van der Waals surface area contributed by atoms with E-state index >= 15 is 0 Å². The monoisotopic (exact) mass is 624 g/mol. The van der Waals surface area contributed by atoms with Crippen LogP contribution < -0.4 is 10.6 Å². The Morgan fingerprint density at radius 3 is 1.12 bits per heavy atom. The summed E-state index contributed by atoms with van der Waals surface area (Å²) in [6, 6.07) is 9.55. The van der Waals surface area contributed by atoms with E-state index in [2.05, 4.69) is 52.0 Å². The number of carbonyl (C=O) groups excluding carboxylic acids is 2. The number of carbonyl (C=O) groups is 2. The molecule has 2 saturated heterocycles. The van der Waals surface area contributed by atoms with Gasteiger partial charge in [0.1, 0.15) is 0 Å². The molecular weight excluding hydrogens is 582 g/mol. The third kappa shape index (κ3) is 12.1. The van der Waals surface area contributed by atoms with Crippen molar-refractivity contribution in [2.75, 3.05) is 28.2 Å². The summed E-state index contributed by atoms with van der Waals surface area (Å²) in [6.07, 6.45) is 7.29. The second kappa shape index (κ2) is 18.5. The molecule has 2 aliphatic heterocycles. The minimum absolute atomic E-state index is 0.0785. The average molecular weight is 625 g/mol. The van der Waals surface area contributed by atoms with Gasteiger partial charge in [-0.2, -0.15) is 0 Å². The molecule has 33 heavy (non-hydrogen) atoms. The Morgan fingerprint density at radius 1 is 0.727 bits per heavy atom. The molecular formula is C24H42Cl2N2O2P2Ru. The maximum atomic E-state index is 9.43. The van der Waals surface area contributed by atoms with Gasteiger partial charge in [-0.15, -0.1) is 0 Å². The van der Waals surface area contributed by atoms with Crippen LogP contribution in [0.15, 0.2) is 24.3 Å². The second-order valence-corrected chi connectivity index (χ2v) is 17.8. The molecule has 0 bridgehead atoms. The third-order valence-electron chi connectivity index (χ3n) is 5.76. The number of nitrogens with zero attached hydrogens (tertiary/aromatic N) is 2. The fourth-order valence-electron chi connectivity index (χ4n) is 4.24. The Balaban J connectivity index is 0.000000654. The number of hydrogen-bond donors (Lipinski definition) is 0. The van der Waals surface area contributed by atoms with Crippen molar-refractivity contribution in [2.24, 2.45) is 0 Å². The van der Waals surface area contributed by atoms with Gasteiger partial charge in [-0.05, 0) is 58.9 Å². The van der Waals surface area contributed by atoms with Crippen molar-refractivity contribution >= 4 is 58.7 Å². The molecule has 0 unspecified atom stereocenters. The molecule has 2 fully saturated rings. The van der Waals surface area contributed by atoms with E-state index in [0.717, 1.165) is 35.5 Å². The van der Waals surface area contributed by atoms with Crippen LogP contribution in [-0.2, 0) is 24.7 Å². The van der Waals surface area contributed by atoms with E-state index in [1.54, 1.807) is 38.8 Å². The zero-order valence-corrected chi connectivity index (χ0v) is 26.4. The summed E-state index contributed by atoms with van der Waals surface area (Å²) in [4.78, 5) is 21.8. The summed E-state index contributed by atoms with van der Waals surface area (Å²) >= 11 is -0.346. The second-order valence-electron chi connectivity index (χ2n) is 9.04. The SMILES string of the molecule is CN(C)C=O.CN(C)C=O.C[C@@H]1CC[C@@H](C)P1c1ccccc1P1[C@H](C)CC[C@H]1C.[Cl][Ru][Cl]. The summed E-state index contributed by atoms with van der Waals surface area (Å²) < 4.78 is 0. The van der Waals surface area contributed by atoms with Gasteiger partial charge in [-0.3, -0.25) is 9.59 Å². The number of amides is 2. The van der Waals surface area contributed by atoms with Gasteiger partial charge >= 0.3 is 34.5 Å². The molecule has 0 saturated carbocycles. The summed E-state index contributed by atoms with van der Waals surface area (Å²) in [5.41, 5.74) is 3.74. The molecule has 1 aromatic rings. The molecule has 4 atom stereocenters. The first-order chi connectivity index (χ1) is 15.5. The molecule has 2 amide bonds. The Kier molecular flexibility index (Phi) is 18.6. The van der Waals surface area contributed by atoms with Crippen LogP contribution in [0.25, 0.3) is 0 Å². The van der Waals surface area contributed by atoms with Crippen LogP contribution in [-0.4, -0.2) is 73.4 Å². The predicted octanol–water partition coefficient (Wildman–Crippen LogP) is 5.83. The van der Waals surface area contributed by atoms with Crippen molar-refractivity contribution in [1.29, 1.82) is 0 Å². The van der Waals surface area contributed by atoms with E-state index in [-0.39, 0.29) is 31.0 Å². The van der Waals surface area contributed by atoms with Gasteiger partial charge < -0.3 is 9.80 Å². The van der Waals surface area contributed by atoms with E-state index in [9.17, 15) is 9.59 Å². The average Bonchev–Trinajstić information content (AvgIpc) is 3.29. The molecule has 2 aliphatic rings. The van der Waals surface area contributed by atoms with Crippen LogP contribution in [0.1, 0.15) is 53.4 Å². The normalized spacial score (nSPS) is 24.4. The number of hydrogen-bond acceptors (Lipinski definition) is 2. The van der Waals surface area contributed by atoms with E-state index in [0.29, 0.717) is 0 Å². The van der Waals surface area contributed by atoms with E-state index in [1.165, 1.54) is 35.5 Å². The minimum atomic E-state index is -0.346. The van der Waals surface area contributed by atoms with Crippen LogP contribution in [0.2, 0.25) is 0 Å². The first-order valence-corrected chi connectivity index (χ1v) is 18.7. The number of benzene rings is 1. The fourth-order valence-corrected chi connectivity index (χ4v) is 11.5. The first-order valence-electron chi connectivity index (χ1n) is 11.3. The molecule has 0 N–H and O–H groups in total. The van der Waals surface area contributed by atoms with Crippen LogP contribution in [0.4, 0.5) is 0 Å². The molecule has 4 nitrogen and oxygen atoms in total. The predicted molar refractivity (Wildman–Crippen MR) is 147 cm³/mol. The van der Waals surface area contributed by atoms with Gasteiger partial charge in [-0.1, -0.05) is 67.8 Å². The van der Waals surface area contributed by atoms with Crippen molar-refractivity contribution in [3.05, 3.63) is 24.3 Å². The standard InChI is InChI=1S/C18H28P2.2C3H7NO.2ClH.Ru/c1-13-9-10-14(2)19(13)17-7-5-6-8-18(17)20-15(3)11-12-16(20)4;2*1-4(2)3-5;;;/h5-8,13-16H,9-12H2,1-4H3;2*3H,1-2H3;2*1H;/q;;;;;+2/p-2/t13-,14-,15-,16-;;;;;/m1...../s1. The molecule has 3 rings (SSSR count). The van der Waals surface area contributed by atoms with E-state index in [1.807, 2.05) is 0 Å². The topological polar surface area (TPSA) is 40.6 Å². The van der Waals surface area contributed by atoms with Gasteiger partial charge in [0.05, 0.1) is 0 Å². The van der Waals surface area contributed by atoms with Crippen molar-refractivity contribution in [3.8, 4) is 0 Å². The molecule has 0 radical (unpaired) electrons. The summed E-state index contributed by atoms with van der Waals surface area (Å²) in [5.74, 6) is 0. The zero-order chi connectivity index (χ0) is 25.6. The summed E-state index contributed by atoms with van der Waals surface area (Å²) in [6.45, 7) is 10.0. The third-order valence-corrected chi connectivity index (χ3v) is 12.7. The van der Waals surface area contributed by atoms with Crippen LogP contribution in [0, 0.1) is 0 Å². The van der Waals surface area contributed by atoms with E-state index < -0.39 is 0 Å². The summed E-state index contributed by atoms with van der Waals surface area (Å²) in [5, 5.41) is 3.57. The van der Waals surface area contributed by atoms with Crippen molar-refractivity contribution < 1.29 is 24.7 Å². The van der Waals surface area contributed by atoms with Crippen LogP contribution in [0.3, 0.4) is 0 Å². The van der Waals surface area contributed by atoms with Gasteiger partial charge in [0.25, 0.3) is 0 Å². The molecule has 9 heteroatoms. The number of rotatable bonds is 4. The van der Waals surface area contributed by atoms with Crippen molar-refractivity contribution in [3.63, 3.8) is 0 Å². The van der Waals surface area contributed by atoms with E-state index in [4.69, 9.17) is 19.4 Å². The molecule has 0 aromatic heterocycles. The molecule has 0 spiro atoms. The maximum absolute atomic E-state index is 9.43. The molecule has 2 heterocycles. The van der Waals surface area contributed by atoms with Gasteiger partial charge in [0, 0.05) is 28.2 Å². The Morgan fingerprint density at radius 2 is 0.939 bits per heavy atom. The Labute approximate surface area is 220 Å². The molecule has 0 aliphatic carbocycles. The zero-order valence-electron chi connectivity index (χ0n) is 21.3. The van der Waals surface area contributed by atoms with Crippen molar-refractivity contribution in [1.82, 2.24) is 9.80 Å². The van der Waals surface area contributed by atoms with Crippen LogP contribution >= 0.6 is 35.2 Å². The Bertz CT molecular complexity index is 611.